The minimum atomic E-state index is 1.14. The van der Waals surface area contributed by atoms with E-state index in [1.165, 1.54) is 51.4 Å². The molecule has 0 aromatic carbocycles. The first kappa shape index (κ1) is 13.2. The van der Waals surface area contributed by atoms with Crippen molar-refractivity contribution in [2.24, 2.45) is 0 Å². The Morgan fingerprint density at radius 3 is 0.812 bits per heavy atom. The molecule has 0 bridgehead atoms. The Bertz CT molecular complexity index is 212. The van der Waals surface area contributed by atoms with Gasteiger partial charge in [-0.1, -0.05) is 25.7 Å². The topological polar surface area (TPSA) is 0 Å². The van der Waals surface area contributed by atoms with Crippen LogP contribution >= 0.6 is 0 Å². The van der Waals surface area contributed by atoms with Crippen molar-refractivity contribution in [1.29, 1.82) is 0 Å². The van der Waals surface area contributed by atoms with Gasteiger partial charge in [0.15, 0.2) is 0 Å². The summed E-state index contributed by atoms with van der Waals surface area (Å²) in [5.41, 5.74) is 0. The molecule has 0 nitrogen and oxygen atoms in total. The van der Waals surface area contributed by atoms with E-state index in [-0.39, 0.29) is 0 Å². The van der Waals surface area contributed by atoms with Crippen molar-refractivity contribution >= 4 is 0 Å². The molecule has 0 aromatic rings. The van der Waals surface area contributed by atoms with E-state index in [1.807, 2.05) is 0 Å². The Balaban J connectivity index is 0.000000160. The molecule has 0 atom stereocenters. The second-order valence-electron chi connectivity index (χ2n) is 4.54. The standard InChI is InChI=1S/2C8H12/c2*1-2-4-6-8-7-5-3-1/h2*1-6H2. The van der Waals surface area contributed by atoms with Crippen LogP contribution < -0.4 is 0 Å². The van der Waals surface area contributed by atoms with Gasteiger partial charge in [0.2, 0.25) is 0 Å². The molecule has 0 unspecified atom stereocenters. The number of rotatable bonds is 0. The van der Waals surface area contributed by atoms with Crippen LogP contribution in [0.4, 0.5) is 0 Å². The highest BCUT2D eigenvalue weighted by Gasteiger charge is 1.90. The van der Waals surface area contributed by atoms with Gasteiger partial charge in [-0.15, -0.1) is 23.7 Å². The summed E-state index contributed by atoms with van der Waals surface area (Å²) in [6, 6.07) is 0. The van der Waals surface area contributed by atoms with Crippen LogP contribution in [0.3, 0.4) is 0 Å². The number of hydrogen-bond donors (Lipinski definition) is 0. The first-order valence-electron chi connectivity index (χ1n) is 6.91. The number of hydrogen-bond acceptors (Lipinski definition) is 0. The van der Waals surface area contributed by atoms with E-state index < -0.39 is 0 Å². The van der Waals surface area contributed by atoms with Crippen molar-refractivity contribution in [3.05, 3.63) is 0 Å². The Labute approximate surface area is 101 Å². The molecule has 0 amide bonds. The lowest BCUT2D eigenvalue weighted by Crippen LogP contribution is -1.80. The van der Waals surface area contributed by atoms with Crippen LogP contribution in [0.5, 0.6) is 0 Å². The molecule has 0 radical (unpaired) electrons. The Kier molecular flexibility index (Phi) is 8.76. The van der Waals surface area contributed by atoms with E-state index in [1.54, 1.807) is 0 Å². The van der Waals surface area contributed by atoms with Crippen LogP contribution in [0.2, 0.25) is 0 Å². The largest absolute Gasteiger partial charge is 0.103 e. The first-order chi connectivity index (χ1) is 8.00. The van der Waals surface area contributed by atoms with Gasteiger partial charge >= 0.3 is 0 Å². The first-order valence-corrected chi connectivity index (χ1v) is 6.91. The zero-order chi connectivity index (χ0) is 11.3. The molecular formula is C16H24. The monoisotopic (exact) mass is 216 g/mol. The predicted octanol–water partition coefficient (Wildman–Crippen LogP) is 4.69. The normalized spacial score (nSPS) is 20.0. The van der Waals surface area contributed by atoms with Crippen LogP contribution in [0, 0.1) is 23.7 Å². The summed E-state index contributed by atoms with van der Waals surface area (Å²) in [4.78, 5) is 0. The molecule has 2 rings (SSSR count). The lowest BCUT2D eigenvalue weighted by molar-refractivity contribution is 0.652. The molecule has 0 aliphatic heterocycles. The van der Waals surface area contributed by atoms with Gasteiger partial charge in [0, 0.05) is 25.7 Å². The van der Waals surface area contributed by atoms with Crippen molar-refractivity contribution in [3.8, 4) is 23.7 Å². The molecule has 0 N–H and O–H groups in total. The highest BCUT2D eigenvalue weighted by molar-refractivity contribution is 4.99. The third kappa shape index (κ3) is 8.43. The molecule has 0 spiro atoms. The maximum atomic E-state index is 3.14. The van der Waals surface area contributed by atoms with E-state index in [0.29, 0.717) is 0 Å². The smallest absolute Gasteiger partial charge is 0.00886 e. The van der Waals surface area contributed by atoms with Crippen LogP contribution in [0.1, 0.15) is 77.0 Å². The van der Waals surface area contributed by atoms with Crippen LogP contribution in [-0.4, -0.2) is 0 Å². The van der Waals surface area contributed by atoms with Crippen LogP contribution in [-0.2, 0) is 0 Å². The summed E-state index contributed by atoms with van der Waals surface area (Å²) < 4.78 is 0. The summed E-state index contributed by atoms with van der Waals surface area (Å²) in [6.45, 7) is 0. The van der Waals surface area contributed by atoms with Crippen LogP contribution in [0.15, 0.2) is 0 Å². The lowest BCUT2D eigenvalue weighted by Gasteiger charge is -1.97. The van der Waals surface area contributed by atoms with E-state index in [9.17, 15) is 0 Å². The predicted molar refractivity (Wildman–Crippen MR) is 71.0 cm³/mol. The molecule has 0 saturated carbocycles. The fourth-order valence-electron chi connectivity index (χ4n) is 1.91. The Morgan fingerprint density at radius 2 is 0.562 bits per heavy atom. The zero-order valence-corrected chi connectivity index (χ0v) is 10.5. The van der Waals surface area contributed by atoms with Gasteiger partial charge < -0.3 is 0 Å². The van der Waals surface area contributed by atoms with Gasteiger partial charge in [-0.05, 0) is 25.7 Å². The van der Waals surface area contributed by atoms with Gasteiger partial charge in [-0.3, -0.25) is 0 Å². The fourth-order valence-corrected chi connectivity index (χ4v) is 1.91. The molecular weight excluding hydrogens is 192 g/mol. The highest BCUT2D eigenvalue weighted by atomic mass is 13.9. The minimum Gasteiger partial charge on any atom is -0.103 e. The van der Waals surface area contributed by atoms with Crippen molar-refractivity contribution < 1.29 is 0 Å². The van der Waals surface area contributed by atoms with Gasteiger partial charge in [-0.2, -0.15) is 0 Å². The summed E-state index contributed by atoms with van der Waals surface area (Å²) in [5, 5.41) is 0. The third-order valence-corrected chi connectivity index (χ3v) is 2.96. The Morgan fingerprint density at radius 1 is 0.312 bits per heavy atom. The highest BCUT2D eigenvalue weighted by Crippen LogP contribution is 2.07. The summed E-state index contributed by atoms with van der Waals surface area (Å²) in [6.07, 6.45) is 15.5. The molecule has 0 fully saturated rings. The summed E-state index contributed by atoms with van der Waals surface area (Å²) in [7, 11) is 0. The van der Waals surface area contributed by atoms with Crippen LogP contribution in [0.25, 0.3) is 0 Å². The zero-order valence-electron chi connectivity index (χ0n) is 10.5. The van der Waals surface area contributed by atoms with Crippen molar-refractivity contribution in [1.82, 2.24) is 0 Å². The SMILES string of the molecule is C1#CCCCCCC1.C1#CCCCCCC1. The molecule has 88 valence electrons. The van der Waals surface area contributed by atoms with E-state index in [4.69, 9.17) is 0 Å². The Hall–Kier alpha value is -0.880. The molecule has 16 heavy (non-hydrogen) atoms. The summed E-state index contributed by atoms with van der Waals surface area (Å²) >= 11 is 0. The average molecular weight is 216 g/mol. The average Bonchev–Trinajstić information content (AvgIpc) is 2.15. The van der Waals surface area contributed by atoms with E-state index in [0.717, 1.165) is 25.7 Å². The van der Waals surface area contributed by atoms with Gasteiger partial charge in [0.1, 0.15) is 0 Å². The second kappa shape index (κ2) is 10.6. The van der Waals surface area contributed by atoms with E-state index >= 15 is 0 Å². The summed E-state index contributed by atoms with van der Waals surface area (Å²) in [5.74, 6) is 12.5. The van der Waals surface area contributed by atoms with Crippen molar-refractivity contribution in [3.63, 3.8) is 0 Å². The molecule has 2 aliphatic rings. The molecule has 0 saturated heterocycles. The van der Waals surface area contributed by atoms with Gasteiger partial charge in [0.25, 0.3) is 0 Å². The maximum Gasteiger partial charge on any atom is 0.00886 e. The maximum absolute atomic E-state index is 3.14. The van der Waals surface area contributed by atoms with Gasteiger partial charge in [-0.25, -0.2) is 0 Å². The quantitative estimate of drug-likeness (QED) is 0.515. The molecule has 0 aromatic heterocycles. The lowest BCUT2D eigenvalue weighted by atomic mass is 10.1. The van der Waals surface area contributed by atoms with Crippen molar-refractivity contribution in [2.45, 2.75) is 77.0 Å². The second-order valence-corrected chi connectivity index (χ2v) is 4.54. The molecule has 2 aliphatic carbocycles. The van der Waals surface area contributed by atoms with E-state index in [2.05, 4.69) is 23.7 Å². The molecule has 0 heteroatoms. The third-order valence-electron chi connectivity index (χ3n) is 2.96. The van der Waals surface area contributed by atoms with Crippen molar-refractivity contribution in [2.75, 3.05) is 0 Å². The van der Waals surface area contributed by atoms with Gasteiger partial charge in [0.05, 0.1) is 0 Å². The molecule has 0 heterocycles. The minimum absolute atomic E-state index is 1.14. The fraction of sp³-hybridized carbons (Fsp3) is 0.750.